The van der Waals surface area contributed by atoms with Gasteiger partial charge in [-0.05, 0) is 53.6 Å². The minimum Gasteiger partial charge on any atom is -0.465 e. The van der Waals surface area contributed by atoms with Gasteiger partial charge in [0.1, 0.15) is 11.5 Å². The molecule has 0 aliphatic rings. The molecule has 4 heteroatoms. The van der Waals surface area contributed by atoms with Gasteiger partial charge in [-0.15, -0.1) is 0 Å². The summed E-state index contributed by atoms with van der Waals surface area (Å²) in [6, 6.07) is 21.6. The van der Waals surface area contributed by atoms with Gasteiger partial charge in [0.25, 0.3) is 0 Å². The molecule has 0 saturated heterocycles. The van der Waals surface area contributed by atoms with E-state index in [4.69, 9.17) is 9.15 Å². The summed E-state index contributed by atoms with van der Waals surface area (Å²) < 4.78 is 10.6. The lowest BCUT2D eigenvalue weighted by atomic mass is 10.1. The molecule has 0 N–H and O–H groups in total. The fraction of sp³-hybridized carbons (Fsp3) is 0.0833. The molecule has 0 atom stereocenters. The molecule has 0 bridgehead atoms. The van der Waals surface area contributed by atoms with Crippen molar-refractivity contribution in [2.45, 2.75) is 6.92 Å². The Balaban J connectivity index is 1.58. The maximum Gasteiger partial charge on any atom is 0.337 e. The first-order valence-corrected chi connectivity index (χ1v) is 8.97. The van der Waals surface area contributed by atoms with Crippen LogP contribution in [-0.4, -0.2) is 18.1 Å². The van der Waals surface area contributed by atoms with E-state index in [0.29, 0.717) is 11.5 Å². The van der Waals surface area contributed by atoms with Gasteiger partial charge in [-0.1, -0.05) is 48.5 Å². The Morgan fingerprint density at radius 3 is 2.46 bits per heavy atom. The highest BCUT2D eigenvalue weighted by Gasteiger charge is 2.10. The van der Waals surface area contributed by atoms with Crippen molar-refractivity contribution in [3.63, 3.8) is 0 Å². The predicted octanol–water partition coefficient (Wildman–Crippen LogP) is 5.76. The highest BCUT2D eigenvalue weighted by molar-refractivity contribution is 5.89. The van der Waals surface area contributed by atoms with Gasteiger partial charge in [-0.25, -0.2) is 9.78 Å². The number of hydrogen-bond donors (Lipinski definition) is 0. The third-order valence-corrected chi connectivity index (χ3v) is 4.59. The van der Waals surface area contributed by atoms with E-state index in [9.17, 15) is 4.79 Å². The highest BCUT2D eigenvalue weighted by Crippen LogP contribution is 2.26. The van der Waals surface area contributed by atoms with Crippen LogP contribution in [0.4, 0.5) is 0 Å². The number of ether oxygens (including phenoxy) is 1. The molecule has 0 saturated carbocycles. The molecule has 28 heavy (non-hydrogen) atoms. The van der Waals surface area contributed by atoms with Crippen LogP contribution in [-0.2, 0) is 4.74 Å². The van der Waals surface area contributed by atoms with Crippen LogP contribution in [0.3, 0.4) is 0 Å². The number of rotatable bonds is 4. The number of carbonyl (C=O) groups is 1. The summed E-state index contributed by atoms with van der Waals surface area (Å²) >= 11 is 0. The van der Waals surface area contributed by atoms with Gasteiger partial charge in [0.05, 0.1) is 12.7 Å². The molecule has 0 aliphatic heterocycles. The van der Waals surface area contributed by atoms with Crippen molar-refractivity contribution in [1.29, 1.82) is 0 Å². The number of carbonyl (C=O) groups excluding carboxylic acids is 1. The molecule has 4 aromatic rings. The summed E-state index contributed by atoms with van der Waals surface area (Å²) in [6.45, 7) is 1.90. The van der Waals surface area contributed by atoms with E-state index >= 15 is 0 Å². The minimum absolute atomic E-state index is 0.345. The maximum atomic E-state index is 11.5. The van der Waals surface area contributed by atoms with Gasteiger partial charge in [0.2, 0.25) is 5.89 Å². The standard InChI is InChI=1S/C24H19NO3/c1-16-22(14-9-17-7-10-19(11-8-17)24(26)27-2)25-23(28-16)21-13-12-18-5-3-4-6-20(18)15-21/h3-15H,1-2H3/b14-9+. The van der Waals surface area contributed by atoms with Crippen molar-refractivity contribution in [2.75, 3.05) is 7.11 Å². The van der Waals surface area contributed by atoms with E-state index < -0.39 is 0 Å². The molecule has 3 aromatic carbocycles. The first kappa shape index (κ1) is 17.7. The summed E-state index contributed by atoms with van der Waals surface area (Å²) in [7, 11) is 1.37. The molecule has 0 unspecified atom stereocenters. The number of hydrogen-bond acceptors (Lipinski definition) is 4. The van der Waals surface area contributed by atoms with Gasteiger partial charge < -0.3 is 9.15 Å². The van der Waals surface area contributed by atoms with E-state index in [1.54, 1.807) is 12.1 Å². The Morgan fingerprint density at radius 2 is 1.71 bits per heavy atom. The zero-order valence-electron chi connectivity index (χ0n) is 15.7. The molecule has 4 rings (SSSR count). The molecule has 1 aromatic heterocycles. The number of esters is 1. The van der Waals surface area contributed by atoms with Crippen molar-refractivity contribution in [2.24, 2.45) is 0 Å². The molecule has 0 radical (unpaired) electrons. The predicted molar refractivity (Wildman–Crippen MR) is 111 cm³/mol. The zero-order chi connectivity index (χ0) is 19.5. The monoisotopic (exact) mass is 369 g/mol. The Kier molecular flexibility index (Phi) is 4.77. The van der Waals surface area contributed by atoms with E-state index in [1.165, 1.54) is 12.5 Å². The summed E-state index contributed by atoms with van der Waals surface area (Å²) in [4.78, 5) is 16.1. The lowest BCUT2D eigenvalue weighted by molar-refractivity contribution is 0.0600. The van der Waals surface area contributed by atoms with Gasteiger partial charge in [-0.2, -0.15) is 0 Å². The van der Waals surface area contributed by atoms with Gasteiger partial charge in [-0.3, -0.25) is 0 Å². The van der Waals surface area contributed by atoms with Gasteiger partial charge in [0, 0.05) is 5.56 Å². The van der Waals surface area contributed by atoms with Crippen molar-refractivity contribution < 1.29 is 13.9 Å². The van der Waals surface area contributed by atoms with Gasteiger partial charge >= 0.3 is 5.97 Å². The number of benzene rings is 3. The third kappa shape index (κ3) is 3.58. The Hall–Kier alpha value is -3.66. The number of aryl methyl sites for hydroxylation is 1. The lowest BCUT2D eigenvalue weighted by Gasteiger charge is -1.99. The van der Waals surface area contributed by atoms with Crippen LogP contribution in [0.5, 0.6) is 0 Å². The summed E-state index contributed by atoms with van der Waals surface area (Å²) in [6.07, 6.45) is 3.85. The fourth-order valence-electron chi connectivity index (χ4n) is 3.03. The summed E-state index contributed by atoms with van der Waals surface area (Å²) in [5, 5.41) is 2.34. The number of nitrogens with zero attached hydrogens (tertiary/aromatic N) is 1. The maximum absolute atomic E-state index is 11.5. The van der Waals surface area contributed by atoms with E-state index in [0.717, 1.165) is 28.0 Å². The summed E-state index contributed by atoms with van der Waals surface area (Å²) in [5.41, 5.74) is 3.21. The van der Waals surface area contributed by atoms with Crippen LogP contribution in [0.15, 0.2) is 71.1 Å². The Bertz CT molecular complexity index is 1170. The van der Waals surface area contributed by atoms with Crippen LogP contribution >= 0.6 is 0 Å². The van der Waals surface area contributed by atoms with Gasteiger partial charge in [0.15, 0.2) is 0 Å². The Labute approximate surface area is 163 Å². The largest absolute Gasteiger partial charge is 0.465 e. The zero-order valence-corrected chi connectivity index (χ0v) is 15.7. The number of oxazole rings is 1. The van der Waals surface area contributed by atoms with Crippen molar-refractivity contribution in [3.8, 4) is 11.5 Å². The minimum atomic E-state index is -0.345. The van der Waals surface area contributed by atoms with Crippen molar-refractivity contribution >= 4 is 28.9 Å². The van der Waals surface area contributed by atoms with Crippen LogP contribution in [0.25, 0.3) is 34.4 Å². The van der Waals surface area contributed by atoms with Crippen molar-refractivity contribution in [3.05, 3.63) is 89.3 Å². The second-order valence-corrected chi connectivity index (χ2v) is 6.47. The highest BCUT2D eigenvalue weighted by atomic mass is 16.5. The number of fused-ring (bicyclic) bond motifs is 1. The lowest BCUT2D eigenvalue weighted by Crippen LogP contribution is -2.00. The van der Waals surface area contributed by atoms with E-state index in [-0.39, 0.29) is 5.97 Å². The molecule has 0 fully saturated rings. The van der Waals surface area contributed by atoms with Crippen LogP contribution in [0, 0.1) is 6.92 Å². The van der Waals surface area contributed by atoms with E-state index in [1.807, 2.05) is 49.4 Å². The molecule has 1 heterocycles. The number of aromatic nitrogens is 1. The molecule has 0 aliphatic carbocycles. The SMILES string of the molecule is COC(=O)c1ccc(/C=C/c2nc(-c3ccc4ccccc4c3)oc2C)cc1. The van der Waals surface area contributed by atoms with Crippen LogP contribution < -0.4 is 0 Å². The second-order valence-electron chi connectivity index (χ2n) is 6.47. The number of methoxy groups -OCH3 is 1. The van der Waals surface area contributed by atoms with Crippen LogP contribution in [0.2, 0.25) is 0 Å². The first-order chi connectivity index (χ1) is 13.6. The molecular formula is C24H19NO3. The normalized spacial score (nSPS) is 11.2. The average molecular weight is 369 g/mol. The molecule has 0 spiro atoms. The third-order valence-electron chi connectivity index (χ3n) is 4.59. The van der Waals surface area contributed by atoms with Crippen molar-refractivity contribution in [1.82, 2.24) is 4.98 Å². The Morgan fingerprint density at radius 1 is 0.964 bits per heavy atom. The molecular weight excluding hydrogens is 350 g/mol. The molecule has 0 amide bonds. The van der Waals surface area contributed by atoms with Crippen LogP contribution in [0.1, 0.15) is 27.4 Å². The topological polar surface area (TPSA) is 52.3 Å². The average Bonchev–Trinajstić information content (AvgIpc) is 3.12. The smallest absolute Gasteiger partial charge is 0.337 e. The fourth-order valence-corrected chi connectivity index (χ4v) is 3.03. The van der Waals surface area contributed by atoms with E-state index in [2.05, 4.69) is 29.2 Å². The molecule has 4 nitrogen and oxygen atoms in total. The second kappa shape index (κ2) is 7.53. The quantitative estimate of drug-likeness (QED) is 0.429. The summed E-state index contributed by atoms with van der Waals surface area (Å²) in [5.74, 6) is 1.01. The first-order valence-electron chi connectivity index (χ1n) is 8.97. The molecule has 138 valence electrons.